The zero-order chi connectivity index (χ0) is 13.2. The lowest BCUT2D eigenvalue weighted by Gasteiger charge is -2.18. The predicted molar refractivity (Wildman–Crippen MR) is 72.9 cm³/mol. The number of ether oxygens (including phenoxy) is 2. The number of nitrogens with zero attached hydrogens (tertiary/aromatic N) is 3. The third kappa shape index (κ3) is 2.04. The Morgan fingerprint density at radius 2 is 1.95 bits per heavy atom. The van der Waals surface area contributed by atoms with Gasteiger partial charge in [0.05, 0.1) is 26.4 Å². The SMILES string of the molecule is COc1cc2ncnc(N3CCNC3)c2cc1OC. The molecular formula is C13H16N4O2. The minimum atomic E-state index is 0.680. The number of rotatable bonds is 3. The molecule has 1 aliphatic heterocycles. The fraction of sp³-hybridized carbons (Fsp3) is 0.385. The van der Waals surface area contributed by atoms with Crippen LogP contribution in [0.3, 0.4) is 0 Å². The van der Waals surface area contributed by atoms with Crippen molar-refractivity contribution < 1.29 is 9.47 Å². The van der Waals surface area contributed by atoms with E-state index in [9.17, 15) is 0 Å². The monoisotopic (exact) mass is 260 g/mol. The van der Waals surface area contributed by atoms with Gasteiger partial charge in [0.2, 0.25) is 0 Å². The molecule has 0 aliphatic carbocycles. The summed E-state index contributed by atoms with van der Waals surface area (Å²) in [6.45, 7) is 2.72. The fourth-order valence-corrected chi connectivity index (χ4v) is 2.31. The highest BCUT2D eigenvalue weighted by molar-refractivity contribution is 5.92. The summed E-state index contributed by atoms with van der Waals surface area (Å²) in [5.74, 6) is 2.30. The van der Waals surface area contributed by atoms with E-state index in [0.29, 0.717) is 11.5 Å². The first-order valence-electron chi connectivity index (χ1n) is 6.16. The summed E-state index contributed by atoms with van der Waals surface area (Å²) in [7, 11) is 3.25. The summed E-state index contributed by atoms with van der Waals surface area (Å²) in [5, 5.41) is 4.27. The topological polar surface area (TPSA) is 59.5 Å². The lowest BCUT2D eigenvalue weighted by Crippen LogP contribution is -2.22. The normalized spacial score (nSPS) is 14.9. The molecule has 3 rings (SSSR count). The molecule has 0 unspecified atom stereocenters. The Bertz CT molecular complexity index is 596. The van der Waals surface area contributed by atoms with Crippen molar-refractivity contribution >= 4 is 16.7 Å². The molecule has 1 aromatic carbocycles. The number of nitrogens with one attached hydrogen (secondary N) is 1. The van der Waals surface area contributed by atoms with Crippen molar-refractivity contribution in [3.63, 3.8) is 0 Å². The summed E-state index contributed by atoms with van der Waals surface area (Å²) in [5.41, 5.74) is 0.856. The van der Waals surface area contributed by atoms with E-state index in [1.165, 1.54) is 0 Å². The Labute approximate surface area is 111 Å². The van der Waals surface area contributed by atoms with Crippen LogP contribution in [0.25, 0.3) is 10.9 Å². The maximum absolute atomic E-state index is 5.35. The molecule has 2 aromatic rings. The largest absolute Gasteiger partial charge is 0.493 e. The zero-order valence-corrected chi connectivity index (χ0v) is 11.0. The highest BCUT2D eigenvalue weighted by atomic mass is 16.5. The Kier molecular flexibility index (Phi) is 3.08. The molecule has 0 atom stereocenters. The van der Waals surface area contributed by atoms with Crippen molar-refractivity contribution in [3.8, 4) is 11.5 Å². The van der Waals surface area contributed by atoms with Crippen LogP contribution in [0.1, 0.15) is 0 Å². The molecule has 100 valence electrons. The van der Waals surface area contributed by atoms with Gasteiger partial charge in [0.1, 0.15) is 12.1 Å². The molecular weight excluding hydrogens is 244 g/mol. The van der Waals surface area contributed by atoms with Crippen molar-refractivity contribution in [3.05, 3.63) is 18.5 Å². The molecule has 19 heavy (non-hydrogen) atoms. The van der Waals surface area contributed by atoms with Crippen molar-refractivity contribution in [2.75, 3.05) is 38.9 Å². The third-order valence-electron chi connectivity index (χ3n) is 3.28. The smallest absolute Gasteiger partial charge is 0.162 e. The Balaban J connectivity index is 2.17. The van der Waals surface area contributed by atoms with Gasteiger partial charge in [-0.3, -0.25) is 5.32 Å². The molecule has 1 saturated heterocycles. The predicted octanol–water partition coefficient (Wildman–Crippen LogP) is 1.01. The van der Waals surface area contributed by atoms with E-state index in [-0.39, 0.29) is 0 Å². The Morgan fingerprint density at radius 3 is 2.63 bits per heavy atom. The van der Waals surface area contributed by atoms with Crippen molar-refractivity contribution in [1.82, 2.24) is 15.3 Å². The minimum Gasteiger partial charge on any atom is -0.493 e. The first-order chi connectivity index (χ1) is 9.33. The van der Waals surface area contributed by atoms with Gasteiger partial charge in [-0.2, -0.15) is 0 Å². The van der Waals surface area contributed by atoms with E-state index in [2.05, 4.69) is 20.2 Å². The average Bonchev–Trinajstić information content (AvgIpc) is 2.99. The zero-order valence-electron chi connectivity index (χ0n) is 11.0. The van der Waals surface area contributed by atoms with E-state index in [0.717, 1.165) is 36.5 Å². The van der Waals surface area contributed by atoms with Gasteiger partial charge in [0.25, 0.3) is 0 Å². The maximum Gasteiger partial charge on any atom is 0.162 e. The van der Waals surface area contributed by atoms with E-state index in [1.54, 1.807) is 20.5 Å². The quantitative estimate of drug-likeness (QED) is 0.889. The van der Waals surface area contributed by atoms with Gasteiger partial charge in [0, 0.05) is 24.5 Å². The molecule has 0 spiro atoms. The number of fused-ring (bicyclic) bond motifs is 1. The molecule has 0 bridgehead atoms. The highest BCUT2D eigenvalue weighted by Crippen LogP contribution is 2.34. The van der Waals surface area contributed by atoms with Gasteiger partial charge >= 0.3 is 0 Å². The van der Waals surface area contributed by atoms with Crippen LogP contribution >= 0.6 is 0 Å². The fourth-order valence-electron chi connectivity index (χ4n) is 2.31. The summed E-state index contributed by atoms with van der Waals surface area (Å²) < 4.78 is 10.6. The van der Waals surface area contributed by atoms with E-state index in [4.69, 9.17) is 9.47 Å². The standard InChI is InChI=1S/C13H16N4O2/c1-18-11-5-9-10(6-12(11)19-2)15-7-16-13(9)17-4-3-14-8-17/h5-7,14H,3-4,8H2,1-2H3. The first kappa shape index (κ1) is 12.0. The van der Waals surface area contributed by atoms with Gasteiger partial charge in [-0.25, -0.2) is 9.97 Å². The lowest BCUT2D eigenvalue weighted by atomic mass is 10.2. The van der Waals surface area contributed by atoms with Crippen LogP contribution in [0.4, 0.5) is 5.82 Å². The van der Waals surface area contributed by atoms with Gasteiger partial charge in [0.15, 0.2) is 11.5 Å². The van der Waals surface area contributed by atoms with Crippen molar-refractivity contribution in [1.29, 1.82) is 0 Å². The first-order valence-corrected chi connectivity index (χ1v) is 6.16. The average molecular weight is 260 g/mol. The summed E-state index contributed by atoms with van der Waals surface area (Å²) in [6.07, 6.45) is 1.59. The van der Waals surface area contributed by atoms with Crippen LogP contribution in [-0.2, 0) is 0 Å². The van der Waals surface area contributed by atoms with Crippen LogP contribution < -0.4 is 19.7 Å². The van der Waals surface area contributed by atoms with Crippen LogP contribution in [0, 0.1) is 0 Å². The molecule has 1 N–H and O–H groups in total. The number of aromatic nitrogens is 2. The van der Waals surface area contributed by atoms with Gasteiger partial charge in [-0.1, -0.05) is 0 Å². The number of hydrogen-bond donors (Lipinski definition) is 1. The molecule has 1 aliphatic rings. The van der Waals surface area contributed by atoms with Gasteiger partial charge in [-0.15, -0.1) is 0 Å². The molecule has 0 saturated carbocycles. The molecule has 0 radical (unpaired) electrons. The number of anilines is 1. The minimum absolute atomic E-state index is 0.680. The van der Waals surface area contributed by atoms with Crippen LogP contribution in [0.2, 0.25) is 0 Å². The van der Waals surface area contributed by atoms with Crippen molar-refractivity contribution in [2.24, 2.45) is 0 Å². The number of methoxy groups -OCH3 is 2. The third-order valence-corrected chi connectivity index (χ3v) is 3.28. The lowest BCUT2D eigenvalue weighted by molar-refractivity contribution is 0.356. The second kappa shape index (κ2) is 4.89. The second-order valence-corrected chi connectivity index (χ2v) is 4.34. The van der Waals surface area contributed by atoms with Crippen LogP contribution in [0.5, 0.6) is 11.5 Å². The number of benzene rings is 1. The highest BCUT2D eigenvalue weighted by Gasteiger charge is 2.17. The summed E-state index contributed by atoms with van der Waals surface area (Å²) >= 11 is 0. The Morgan fingerprint density at radius 1 is 1.16 bits per heavy atom. The molecule has 1 fully saturated rings. The second-order valence-electron chi connectivity index (χ2n) is 4.34. The van der Waals surface area contributed by atoms with Crippen LogP contribution in [0.15, 0.2) is 18.5 Å². The van der Waals surface area contributed by atoms with E-state index < -0.39 is 0 Å². The summed E-state index contributed by atoms with van der Waals surface area (Å²) in [6, 6.07) is 3.81. The maximum atomic E-state index is 5.35. The molecule has 6 heteroatoms. The molecule has 6 nitrogen and oxygen atoms in total. The molecule has 1 aromatic heterocycles. The van der Waals surface area contributed by atoms with E-state index in [1.807, 2.05) is 12.1 Å². The van der Waals surface area contributed by atoms with Gasteiger partial charge < -0.3 is 14.4 Å². The summed E-state index contributed by atoms with van der Waals surface area (Å²) in [4.78, 5) is 10.9. The van der Waals surface area contributed by atoms with E-state index >= 15 is 0 Å². The van der Waals surface area contributed by atoms with Crippen LogP contribution in [-0.4, -0.2) is 43.9 Å². The molecule has 0 amide bonds. The number of hydrogen-bond acceptors (Lipinski definition) is 6. The molecule has 2 heterocycles. The van der Waals surface area contributed by atoms with Gasteiger partial charge in [-0.05, 0) is 6.07 Å². The van der Waals surface area contributed by atoms with Crippen molar-refractivity contribution in [2.45, 2.75) is 0 Å². The Hall–Kier alpha value is -2.08.